The summed E-state index contributed by atoms with van der Waals surface area (Å²) in [6.45, 7) is 4.43. The Morgan fingerprint density at radius 3 is 2.67 bits per heavy atom. The van der Waals surface area contributed by atoms with Crippen LogP contribution in [0.1, 0.15) is 19.3 Å². The molecule has 0 aliphatic carbocycles. The number of fused-ring (bicyclic) bond motifs is 1. The third-order valence-corrected chi connectivity index (χ3v) is 2.87. The van der Waals surface area contributed by atoms with Gasteiger partial charge >= 0.3 is 0 Å². The third-order valence-electron chi connectivity index (χ3n) is 2.87. The molecule has 0 aromatic heterocycles. The average molecular weight is 242 g/mol. The predicted molar refractivity (Wildman–Crippen MR) is 75.2 cm³/mol. The van der Waals surface area contributed by atoms with Crippen molar-refractivity contribution in [2.24, 2.45) is 0 Å². The topological polar surface area (TPSA) is 29.5 Å². The maximum Gasteiger partial charge on any atom is 0.119 e. The molecule has 0 heterocycles. The fraction of sp³-hybridized carbons (Fsp3) is 0.250. The molecule has 0 aliphatic heterocycles. The molecule has 0 fully saturated rings. The van der Waals surface area contributed by atoms with Gasteiger partial charge < -0.3 is 9.84 Å². The van der Waals surface area contributed by atoms with Crippen LogP contribution in [-0.2, 0) is 0 Å². The molecule has 2 aromatic rings. The zero-order valence-corrected chi connectivity index (χ0v) is 10.4. The first-order valence-corrected chi connectivity index (χ1v) is 6.26. The van der Waals surface area contributed by atoms with E-state index >= 15 is 0 Å². The smallest absolute Gasteiger partial charge is 0.119 e. The van der Waals surface area contributed by atoms with Gasteiger partial charge in [0, 0.05) is 0 Å². The van der Waals surface area contributed by atoms with Gasteiger partial charge in [-0.3, -0.25) is 0 Å². The normalized spacial score (nSPS) is 10.4. The van der Waals surface area contributed by atoms with Crippen LogP contribution in [0.4, 0.5) is 0 Å². The predicted octanol–water partition coefficient (Wildman–Crippen LogP) is 4.28. The fourth-order valence-corrected chi connectivity index (χ4v) is 1.88. The van der Waals surface area contributed by atoms with E-state index in [1.165, 1.54) is 0 Å². The summed E-state index contributed by atoms with van der Waals surface area (Å²) in [5, 5.41) is 11.5. The van der Waals surface area contributed by atoms with E-state index in [0.717, 1.165) is 42.4 Å². The number of ether oxygens (including phenoxy) is 1. The molecule has 0 radical (unpaired) electrons. The van der Waals surface area contributed by atoms with Crippen molar-refractivity contribution in [2.75, 3.05) is 6.61 Å². The van der Waals surface area contributed by atoms with Crippen LogP contribution in [-0.4, -0.2) is 11.7 Å². The second-order valence-electron chi connectivity index (χ2n) is 4.33. The van der Waals surface area contributed by atoms with Crippen LogP contribution in [0.2, 0.25) is 0 Å². The largest absolute Gasteiger partial charge is 0.508 e. The van der Waals surface area contributed by atoms with E-state index < -0.39 is 0 Å². The first-order valence-electron chi connectivity index (χ1n) is 6.26. The lowest BCUT2D eigenvalue weighted by atomic mass is 10.1. The highest BCUT2D eigenvalue weighted by molar-refractivity contribution is 5.85. The Morgan fingerprint density at radius 2 is 1.83 bits per heavy atom. The molecule has 0 spiro atoms. The van der Waals surface area contributed by atoms with Gasteiger partial charge in [0.25, 0.3) is 0 Å². The van der Waals surface area contributed by atoms with Crippen molar-refractivity contribution in [1.82, 2.24) is 0 Å². The number of aromatic hydroxyl groups is 1. The van der Waals surface area contributed by atoms with Gasteiger partial charge in [-0.2, -0.15) is 0 Å². The monoisotopic (exact) mass is 242 g/mol. The van der Waals surface area contributed by atoms with Crippen LogP contribution in [0.3, 0.4) is 0 Å². The lowest BCUT2D eigenvalue weighted by molar-refractivity contribution is 0.308. The quantitative estimate of drug-likeness (QED) is 0.605. The molecule has 94 valence electrons. The van der Waals surface area contributed by atoms with Crippen LogP contribution < -0.4 is 4.74 Å². The second-order valence-corrected chi connectivity index (χ2v) is 4.33. The summed E-state index contributed by atoms with van der Waals surface area (Å²) in [4.78, 5) is 0. The number of hydrogen-bond donors (Lipinski definition) is 1. The average Bonchev–Trinajstić information content (AvgIpc) is 2.38. The zero-order valence-electron chi connectivity index (χ0n) is 10.4. The summed E-state index contributed by atoms with van der Waals surface area (Å²) in [5.41, 5.74) is 0. The number of allylic oxidation sites excluding steroid dienone is 1. The summed E-state index contributed by atoms with van der Waals surface area (Å²) in [5.74, 6) is 1.17. The summed E-state index contributed by atoms with van der Waals surface area (Å²) >= 11 is 0. The third kappa shape index (κ3) is 3.27. The Labute approximate surface area is 108 Å². The van der Waals surface area contributed by atoms with Gasteiger partial charge in [0.1, 0.15) is 11.5 Å². The molecule has 0 amide bonds. The van der Waals surface area contributed by atoms with Crippen molar-refractivity contribution in [3.8, 4) is 11.5 Å². The molecule has 2 nitrogen and oxygen atoms in total. The zero-order chi connectivity index (χ0) is 12.8. The molecular formula is C16H18O2. The van der Waals surface area contributed by atoms with E-state index in [-0.39, 0.29) is 0 Å². The van der Waals surface area contributed by atoms with Crippen LogP contribution >= 0.6 is 0 Å². The van der Waals surface area contributed by atoms with E-state index in [1.54, 1.807) is 12.1 Å². The molecule has 0 atom stereocenters. The molecular weight excluding hydrogens is 224 g/mol. The second kappa shape index (κ2) is 6.10. The Kier molecular flexibility index (Phi) is 4.24. The minimum absolute atomic E-state index is 0.292. The Balaban J connectivity index is 1.97. The van der Waals surface area contributed by atoms with E-state index in [9.17, 15) is 5.11 Å². The van der Waals surface area contributed by atoms with Gasteiger partial charge in [0.2, 0.25) is 0 Å². The highest BCUT2D eigenvalue weighted by atomic mass is 16.5. The van der Waals surface area contributed by atoms with Crippen LogP contribution in [0.25, 0.3) is 10.8 Å². The maximum absolute atomic E-state index is 9.38. The summed E-state index contributed by atoms with van der Waals surface area (Å²) in [6.07, 6.45) is 5.13. The number of phenolic OH excluding ortho intramolecular Hbond substituents is 1. The first-order chi connectivity index (χ1) is 8.79. The van der Waals surface area contributed by atoms with Crippen LogP contribution in [0.5, 0.6) is 11.5 Å². The lowest BCUT2D eigenvalue weighted by Gasteiger charge is -2.07. The Hall–Kier alpha value is -1.96. The highest BCUT2D eigenvalue weighted by Crippen LogP contribution is 2.24. The van der Waals surface area contributed by atoms with Crippen molar-refractivity contribution in [3.63, 3.8) is 0 Å². The van der Waals surface area contributed by atoms with Crippen LogP contribution in [0, 0.1) is 0 Å². The summed E-state index contributed by atoms with van der Waals surface area (Å²) in [6, 6.07) is 11.3. The van der Waals surface area contributed by atoms with Crippen molar-refractivity contribution >= 4 is 10.8 Å². The molecule has 0 bridgehead atoms. The van der Waals surface area contributed by atoms with Crippen molar-refractivity contribution in [3.05, 3.63) is 49.1 Å². The van der Waals surface area contributed by atoms with E-state index in [0.29, 0.717) is 5.75 Å². The fourth-order valence-electron chi connectivity index (χ4n) is 1.88. The molecule has 0 saturated heterocycles. The maximum atomic E-state index is 9.38. The first kappa shape index (κ1) is 12.5. The summed E-state index contributed by atoms with van der Waals surface area (Å²) < 4.78 is 5.69. The molecule has 18 heavy (non-hydrogen) atoms. The number of unbranched alkanes of at least 4 members (excludes halogenated alkanes) is 2. The van der Waals surface area contributed by atoms with E-state index in [1.807, 2.05) is 30.3 Å². The molecule has 2 heteroatoms. The number of rotatable bonds is 6. The molecule has 0 saturated carbocycles. The minimum Gasteiger partial charge on any atom is -0.508 e. The summed E-state index contributed by atoms with van der Waals surface area (Å²) in [7, 11) is 0. The number of phenols is 1. The van der Waals surface area contributed by atoms with Gasteiger partial charge in [-0.15, -0.1) is 6.58 Å². The van der Waals surface area contributed by atoms with Gasteiger partial charge in [-0.1, -0.05) is 18.2 Å². The molecule has 2 aromatic carbocycles. The SMILES string of the molecule is C=CCCCCOc1ccc2cc(O)ccc2c1. The van der Waals surface area contributed by atoms with Crippen molar-refractivity contribution in [2.45, 2.75) is 19.3 Å². The van der Waals surface area contributed by atoms with E-state index in [4.69, 9.17) is 4.74 Å². The standard InChI is InChI=1S/C16H18O2/c1-2-3-4-5-10-18-16-9-7-13-11-15(17)8-6-14(13)12-16/h2,6-9,11-12,17H,1,3-5,10H2. The molecule has 2 rings (SSSR count). The number of benzene rings is 2. The van der Waals surface area contributed by atoms with Crippen LogP contribution in [0.15, 0.2) is 49.1 Å². The molecule has 1 N–H and O–H groups in total. The molecule has 0 aliphatic rings. The minimum atomic E-state index is 0.292. The van der Waals surface area contributed by atoms with Gasteiger partial charge in [-0.25, -0.2) is 0 Å². The van der Waals surface area contributed by atoms with E-state index in [2.05, 4.69) is 6.58 Å². The van der Waals surface area contributed by atoms with Gasteiger partial charge in [-0.05, 0) is 54.3 Å². The number of hydrogen-bond acceptors (Lipinski definition) is 2. The van der Waals surface area contributed by atoms with Crippen molar-refractivity contribution < 1.29 is 9.84 Å². The van der Waals surface area contributed by atoms with Gasteiger partial charge in [0.05, 0.1) is 6.61 Å². The Morgan fingerprint density at radius 1 is 1.06 bits per heavy atom. The van der Waals surface area contributed by atoms with Gasteiger partial charge in [0.15, 0.2) is 0 Å². The highest BCUT2D eigenvalue weighted by Gasteiger charge is 1.98. The van der Waals surface area contributed by atoms with Crippen molar-refractivity contribution in [1.29, 1.82) is 0 Å². The lowest BCUT2D eigenvalue weighted by Crippen LogP contribution is -1.96. The molecule has 0 unspecified atom stereocenters. The Bertz CT molecular complexity index is 532.